The molecule has 178 valence electrons. The Balaban J connectivity index is 1.57. The number of rotatable bonds is 9. The fourth-order valence-corrected chi connectivity index (χ4v) is 4.19. The lowest BCUT2D eigenvalue weighted by Gasteiger charge is -2.11. The molecule has 9 nitrogen and oxygen atoms in total. The van der Waals surface area contributed by atoms with Gasteiger partial charge in [-0.3, -0.25) is 14.3 Å². The zero-order valence-electron chi connectivity index (χ0n) is 18.3. The van der Waals surface area contributed by atoms with Crippen molar-refractivity contribution in [3.63, 3.8) is 0 Å². The van der Waals surface area contributed by atoms with Crippen molar-refractivity contribution in [1.82, 2.24) is 0 Å². The number of methoxy groups -OCH3 is 1. The number of carbonyl (C=O) groups excluding carboxylic acids is 2. The summed E-state index contributed by atoms with van der Waals surface area (Å²) >= 11 is 6.04. The summed E-state index contributed by atoms with van der Waals surface area (Å²) in [7, 11) is -2.40. The highest BCUT2D eigenvalue weighted by Gasteiger charge is 2.15. The molecular weight excluding hydrogens is 482 g/mol. The van der Waals surface area contributed by atoms with Crippen molar-refractivity contribution in [3.8, 4) is 11.5 Å². The maximum absolute atomic E-state index is 12.6. The largest absolute Gasteiger partial charge is 0.495 e. The van der Waals surface area contributed by atoms with Crippen LogP contribution in [0.5, 0.6) is 11.5 Å². The van der Waals surface area contributed by atoms with Gasteiger partial charge in [-0.1, -0.05) is 17.7 Å². The van der Waals surface area contributed by atoms with E-state index in [-0.39, 0.29) is 28.1 Å². The lowest BCUT2D eigenvalue weighted by molar-refractivity contribution is -0.118. The van der Waals surface area contributed by atoms with Gasteiger partial charge in [-0.15, -0.1) is 0 Å². The van der Waals surface area contributed by atoms with Crippen molar-refractivity contribution in [3.05, 3.63) is 71.8 Å². The van der Waals surface area contributed by atoms with E-state index in [4.69, 9.17) is 21.1 Å². The summed E-state index contributed by atoms with van der Waals surface area (Å²) < 4.78 is 38.2. The zero-order chi connectivity index (χ0) is 24.7. The molecule has 2 amide bonds. The normalized spacial score (nSPS) is 10.8. The SMILES string of the molecule is COc1ccc(NS(=O)(=O)c2ccc(OCC(=O)Nc3cccc(NC(C)=O)c3)cc2)cc1Cl. The molecule has 0 aliphatic rings. The number of sulfonamides is 1. The number of halogens is 1. The Hall–Kier alpha value is -3.76. The molecule has 0 fully saturated rings. The van der Waals surface area contributed by atoms with Crippen LogP contribution in [-0.2, 0) is 19.6 Å². The maximum Gasteiger partial charge on any atom is 0.262 e. The lowest BCUT2D eigenvalue weighted by atomic mass is 10.2. The minimum atomic E-state index is -3.87. The average molecular weight is 504 g/mol. The van der Waals surface area contributed by atoms with Crippen LogP contribution >= 0.6 is 11.6 Å². The fraction of sp³-hybridized carbons (Fsp3) is 0.130. The molecule has 0 saturated heterocycles. The van der Waals surface area contributed by atoms with Crippen LogP contribution in [0.15, 0.2) is 71.6 Å². The molecule has 0 aliphatic carbocycles. The van der Waals surface area contributed by atoms with E-state index in [0.29, 0.717) is 22.9 Å². The molecule has 0 spiro atoms. The number of benzene rings is 3. The minimum Gasteiger partial charge on any atom is -0.495 e. The summed E-state index contributed by atoms with van der Waals surface area (Å²) in [6, 6.07) is 16.8. The molecule has 0 bridgehead atoms. The van der Waals surface area contributed by atoms with E-state index in [1.807, 2.05) is 0 Å². The summed E-state index contributed by atoms with van der Waals surface area (Å²) in [5.74, 6) is 0.0965. The maximum atomic E-state index is 12.6. The predicted octanol–water partition coefficient (Wildman–Crippen LogP) is 4.13. The van der Waals surface area contributed by atoms with Gasteiger partial charge in [-0.25, -0.2) is 8.42 Å². The highest BCUT2D eigenvalue weighted by atomic mass is 35.5. The zero-order valence-corrected chi connectivity index (χ0v) is 19.9. The molecule has 0 atom stereocenters. The van der Waals surface area contributed by atoms with Crippen molar-refractivity contribution < 1.29 is 27.5 Å². The van der Waals surface area contributed by atoms with Crippen LogP contribution in [-0.4, -0.2) is 33.9 Å². The summed E-state index contributed by atoms with van der Waals surface area (Å²) in [6.07, 6.45) is 0. The van der Waals surface area contributed by atoms with Gasteiger partial charge in [-0.2, -0.15) is 0 Å². The number of carbonyl (C=O) groups is 2. The highest BCUT2D eigenvalue weighted by molar-refractivity contribution is 7.92. The molecule has 11 heteroatoms. The van der Waals surface area contributed by atoms with Crippen LogP contribution in [0, 0.1) is 0 Å². The van der Waals surface area contributed by atoms with Crippen LogP contribution in [0.2, 0.25) is 5.02 Å². The molecule has 3 rings (SSSR count). The van der Waals surface area contributed by atoms with Crippen molar-refractivity contribution in [2.75, 3.05) is 29.1 Å². The third kappa shape index (κ3) is 6.87. The molecule has 3 aromatic rings. The smallest absolute Gasteiger partial charge is 0.262 e. The second-order valence-corrected chi connectivity index (χ2v) is 9.11. The van der Waals surface area contributed by atoms with E-state index >= 15 is 0 Å². The first-order chi connectivity index (χ1) is 16.2. The lowest BCUT2D eigenvalue weighted by Crippen LogP contribution is -2.20. The monoisotopic (exact) mass is 503 g/mol. The molecule has 0 saturated carbocycles. The highest BCUT2D eigenvalue weighted by Crippen LogP contribution is 2.28. The van der Waals surface area contributed by atoms with Crippen LogP contribution in [0.3, 0.4) is 0 Å². The van der Waals surface area contributed by atoms with E-state index in [0.717, 1.165) is 0 Å². The van der Waals surface area contributed by atoms with Crippen LogP contribution in [0.25, 0.3) is 0 Å². The van der Waals surface area contributed by atoms with Gasteiger partial charge in [0.25, 0.3) is 15.9 Å². The van der Waals surface area contributed by atoms with Gasteiger partial charge in [0.05, 0.1) is 22.7 Å². The van der Waals surface area contributed by atoms with E-state index in [9.17, 15) is 18.0 Å². The molecule has 0 heterocycles. The van der Waals surface area contributed by atoms with Crippen LogP contribution in [0.1, 0.15) is 6.92 Å². The first-order valence-corrected chi connectivity index (χ1v) is 11.8. The van der Waals surface area contributed by atoms with Crippen molar-refractivity contribution in [2.45, 2.75) is 11.8 Å². The number of hydrogen-bond acceptors (Lipinski definition) is 6. The standard InChI is InChI=1S/C23H22ClN3O6S/c1-15(28)25-16-4-3-5-17(12-16)26-23(29)14-33-19-7-9-20(10-8-19)34(30,31)27-18-6-11-22(32-2)21(24)13-18/h3-13,27H,14H2,1-2H3,(H,25,28)(H,26,29). The first kappa shape index (κ1) is 24.9. The number of amides is 2. The van der Waals surface area contributed by atoms with Gasteiger partial charge >= 0.3 is 0 Å². The molecule has 3 aromatic carbocycles. The van der Waals surface area contributed by atoms with Gasteiger partial charge in [-0.05, 0) is 60.7 Å². The average Bonchev–Trinajstić information content (AvgIpc) is 2.78. The molecule has 0 radical (unpaired) electrons. The summed E-state index contributed by atoms with van der Waals surface area (Å²) in [6.45, 7) is 1.10. The van der Waals surface area contributed by atoms with Crippen LogP contribution < -0.4 is 24.8 Å². The third-order valence-corrected chi connectivity index (χ3v) is 6.07. The topological polar surface area (TPSA) is 123 Å². The Morgan fingerprint density at radius 2 is 1.59 bits per heavy atom. The minimum absolute atomic E-state index is 0.00558. The fourth-order valence-electron chi connectivity index (χ4n) is 2.88. The Labute approximate surface area is 202 Å². The number of ether oxygens (including phenoxy) is 2. The van der Waals surface area contributed by atoms with Crippen molar-refractivity contribution in [2.24, 2.45) is 0 Å². The first-order valence-electron chi connectivity index (χ1n) is 9.93. The predicted molar refractivity (Wildman–Crippen MR) is 130 cm³/mol. The quantitative estimate of drug-likeness (QED) is 0.403. The summed E-state index contributed by atoms with van der Waals surface area (Å²) in [5.41, 5.74) is 1.32. The summed E-state index contributed by atoms with van der Waals surface area (Å²) in [5, 5.41) is 5.56. The molecular formula is C23H22ClN3O6S. The molecule has 0 unspecified atom stereocenters. The Bertz CT molecular complexity index is 1300. The van der Waals surface area contributed by atoms with E-state index < -0.39 is 15.9 Å². The second-order valence-electron chi connectivity index (χ2n) is 7.03. The van der Waals surface area contributed by atoms with Crippen molar-refractivity contribution >= 4 is 50.5 Å². The second kappa shape index (κ2) is 10.9. The van der Waals surface area contributed by atoms with E-state index in [2.05, 4.69) is 15.4 Å². The van der Waals surface area contributed by atoms with Crippen LogP contribution in [0.4, 0.5) is 17.1 Å². The Kier molecular flexibility index (Phi) is 7.98. The van der Waals surface area contributed by atoms with Gasteiger partial charge < -0.3 is 20.1 Å². The van der Waals surface area contributed by atoms with Gasteiger partial charge in [0.2, 0.25) is 5.91 Å². The van der Waals surface area contributed by atoms with E-state index in [1.165, 1.54) is 50.4 Å². The Morgan fingerprint density at radius 3 is 2.21 bits per heavy atom. The molecule has 0 aliphatic heterocycles. The third-order valence-electron chi connectivity index (χ3n) is 4.37. The number of anilines is 3. The Morgan fingerprint density at radius 1 is 0.912 bits per heavy atom. The summed E-state index contributed by atoms with van der Waals surface area (Å²) in [4.78, 5) is 23.3. The van der Waals surface area contributed by atoms with Gasteiger partial charge in [0.1, 0.15) is 11.5 Å². The number of hydrogen-bond donors (Lipinski definition) is 3. The van der Waals surface area contributed by atoms with Crippen molar-refractivity contribution in [1.29, 1.82) is 0 Å². The molecule has 0 aromatic heterocycles. The van der Waals surface area contributed by atoms with Gasteiger partial charge in [0, 0.05) is 18.3 Å². The molecule has 34 heavy (non-hydrogen) atoms. The number of nitrogens with one attached hydrogen (secondary N) is 3. The molecule has 3 N–H and O–H groups in total. The van der Waals surface area contributed by atoms with E-state index in [1.54, 1.807) is 30.3 Å². The van der Waals surface area contributed by atoms with Gasteiger partial charge in [0.15, 0.2) is 6.61 Å².